The number of methoxy groups -OCH3 is 1. The summed E-state index contributed by atoms with van der Waals surface area (Å²) in [6.45, 7) is 10.5. The normalized spacial score (nSPS) is 12.1. The van der Waals surface area contributed by atoms with Gasteiger partial charge in [0.2, 0.25) is 0 Å². The van der Waals surface area contributed by atoms with Gasteiger partial charge in [-0.1, -0.05) is 52.3 Å². The molecule has 0 radical (unpaired) electrons. The lowest BCUT2D eigenvalue weighted by Gasteiger charge is -2.35. The summed E-state index contributed by atoms with van der Waals surface area (Å²) in [5.74, 6) is 0.854. The molecule has 24 heavy (non-hydrogen) atoms. The first-order chi connectivity index (χ1) is 11.4. The van der Waals surface area contributed by atoms with E-state index < -0.39 is 0 Å². The summed E-state index contributed by atoms with van der Waals surface area (Å²) in [6.07, 6.45) is 1.91. The molecule has 0 fully saturated rings. The van der Waals surface area contributed by atoms with Gasteiger partial charge in [-0.15, -0.1) is 0 Å². The fourth-order valence-electron chi connectivity index (χ4n) is 3.44. The van der Waals surface area contributed by atoms with Crippen LogP contribution in [0.4, 0.5) is 4.39 Å². The van der Waals surface area contributed by atoms with E-state index >= 15 is 0 Å². The maximum atomic E-state index is 14.5. The molecule has 0 aliphatic carbocycles. The van der Waals surface area contributed by atoms with Gasteiger partial charge in [-0.3, -0.25) is 0 Å². The van der Waals surface area contributed by atoms with Crippen molar-refractivity contribution in [2.75, 3.05) is 7.11 Å². The van der Waals surface area contributed by atoms with E-state index in [1.165, 1.54) is 11.1 Å². The van der Waals surface area contributed by atoms with Gasteiger partial charge in [-0.25, -0.2) is 4.39 Å². The smallest absolute Gasteiger partial charge is 0.130 e. The summed E-state index contributed by atoms with van der Waals surface area (Å²) in [7, 11) is 2.10. The predicted molar refractivity (Wildman–Crippen MR) is 104 cm³/mol. The van der Waals surface area contributed by atoms with Crippen molar-refractivity contribution in [3.05, 3.63) is 58.4 Å². The fourth-order valence-corrected chi connectivity index (χ4v) is 4.98. The zero-order chi connectivity index (χ0) is 17.9. The highest BCUT2D eigenvalue weighted by atomic mass is 31.1. The molecular formula is C21H28FOP. The molecule has 2 aromatic rings. The van der Waals surface area contributed by atoms with Crippen molar-refractivity contribution in [2.24, 2.45) is 0 Å². The average Bonchev–Trinajstić information content (AvgIpc) is 2.54. The molecule has 0 bridgehead atoms. The van der Waals surface area contributed by atoms with Gasteiger partial charge in [0.25, 0.3) is 0 Å². The molecule has 0 heterocycles. The van der Waals surface area contributed by atoms with E-state index in [-0.39, 0.29) is 11.0 Å². The lowest BCUT2D eigenvalue weighted by molar-refractivity contribution is 0.395. The fraction of sp³-hybridized carbons (Fsp3) is 0.429. The number of hydrogen-bond donors (Lipinski definition) is 0. The maximum Gasteiger partial charge on any atom is 0.130 e. The summed E-state index contributed by atoms with van der Waals surface area (Å²) in [5.41, 5.74) is 4.55. The lowest BCUT2D eigenvalue weighted by atomic mass is 9.89. The third kappa shape index (κ3) is 3.64. The minimum Gasteiger partial charge on any atom is -0.496 e. The monoisotopic (exact) mass is 346 g/mol. The van der Waals surface area contributed by atoms with Gasteiger partial charge in [0.15, 0.2) is 0 Å². The average molecular weight is 346 g/mol. The molecule has 0 amide bonds. The Labute approximate surface area is 147 Å². The first kappa shape index (κ1) is 18.9. The first-order valence-electron chi connectivity index (χ1n) is 8.57. The van der Waals surface area contributed by atoms with Crippen LogP contribution in [0.2, 0.25) is 0 Å². The highest BCUT2D eigenvalue weighted by Gasteiger charge is 2.33. The molecule has 0 aromatic heterocycles. The highest BCUT2D eigenvalue weighted by molar-refractivity contribution is 7.48. The zero-order valence-corrected chi connectivity index (χ0v) is 16.6. The van der Waals surface area contributed by atoms with Crippen LogP contribution in [-0.2, 0) is 5.16 Å². The van der Waals surface area contributed by atoms with Gasteiger partial charge in [0.1, 0.15) is 11.6 Å². The van der Waals surface area contributed by atoms with Crippen molar-refractivity contribution in [1.82, 2.24) is 0 Å². The third-order valence-electron chi connectivity index (χ3n) is 4.84. The van der Waals surface area contributed by atoms with Crippen molar-refractivity contribution in [3.8, 4) is 5.75 Å². The molecule has 0 saturated heterocycles. The Hall–Kier alpha value is -1.40. The third-order valence-corrected chi connectivity index (χ3v) is 6.97. The molecule has 2 aromatic carbocycles. The van der Waals surface area contributed by atoms with Gasteiger partial charge >= 0.3 is 0 Å². The molecule has 0 saturated carbocycles. The Morgan fingerprint density at radius 2 is 1.67 bits per heavy atom. The number of aryl methyl sites for hydroxylation is 3. The zero-order valence-electron chi connectivity index (χ0n) is 15.6. The van der Waals surface area contributed by atoms with E-state index in [0.29, 0.717) is 8.58 Å². The lowest BCUT2D eigenvalue weighted by Crippen LogP contribution is -2.24. The molecule has 0 N–H and O–H groups in total. The largest absolute Gasteiger partial charge is 0.496 e. The Kier molecular flexibility index (Phi) is 6.04. The van der Waals surface area contributed by atoms with E-state index in [9.17, 15) is 4.39 Å². The standard InChI is InChI=1S/C21H28FOP/c1-7-21(8-2,24-19-10-9-14(3)13-18(19)22)17-12-15(4)11-16(5)20(17)23-6/h9-13,24H,7-8H2,1-6H3. The van der Waals surface area contributed by atoms with Crippen LogP contribution in [0.3, 0.4) is 0 Å². The summed E-state index contributed by atoms with van der Waals surface area (Å²) < 4.78 is 20.2. The number of benzene rings is 2. The molecule has 3 heteroatoms. The molecule has 0 spiro atoms. The van der Waals surface area contributed by atoms with E-state index in [1.807, 2.05) is 19.1 Å². The Morgan fingerprint density at radius 3 is 2.21 bits per heavy atom. The minimum atomic E-state index is -0.0990. The minimum absolute atomic E-state index is 0.0945. The van der Waals surface area contributed by atoms with E-state index in [0.717, 1.165) is 35.0 Å². The van der Waals surface area contributed by atoms with Crippen LogP contribution in [0.15, 0.2) is 30.3 Å². The number of ether oxygens (including phenoxy) is 1. The van der Waals surface area contributed by atoms with Gasteiger partial charge < -0.3 is 4.74 Å². The maximum absolute atomic E-state index is 14.5. The van der Waals surface area contributed by atoms with Gasteiger partial charge in [0.05, 0.1) is 7.11 Å². The predicted octanol–water partition coefficient (Wildman–Crippen LogP) is 5.78. The Morgan fingerprint density at radius 1 is 1.00 bits per heavy atom. The van der Waals surface area contributed by atoms with Crippen molar-refractivity contribution >= 4 is 13.9 Å². The second kappa shape index (κ2) is 7.66. The van der Waals surface area contributed by atoms with Gasteiger partial charge in [-0.05, 0) is 50.8 Å². The van der Waals surface area contributed by atoms with Gasteiger partial charge in [0, 0.05) is 16.0 Å². The number of halogens is 1. The molecule has 2 rings (SSSR count). The molecule has 1 nitrogen and oxygen atoms in total. The second-order valence-corrected chi connectivity index (χ2v) is 8.31. The molecule has 1 atom stereocenters. The molecule has 130 valence electrons. The van der Waals surface area contributed by atoms with Crippen molar-refractivity contribution in [3.63, 3.8) is 0 Å². The van der Waals surface area contributed by atoms with Crippen LogP contribution in [0.1, 0.15) is 48.9 Å². The van der Waals surface area contributed by atoms with Crippen molar-refractivity contribution in [1.29, 1.82) is 0 Å². The van der Waals surface area contributed by atoms with Crippen LogP contribution in [0, 0.1) is 26.6 Å². The number of hydrogen-bond acceptors (Lipinski definition) is 1. The number of rotatable bonds is 6. The molecule has 1 unspecified atom stereocenters. The SMILES string of the molecule is CCC(CC)(Pc1ccc(C)cc1F)c1cc(C)cc(C)c1OC. The Balaban J connectivity index is 2.59. The summed E-state index contributed by atoms with van der Waals surface area (Å²) in [6, 6.07) is 9.95. The summed E-state index contributed by atoms with van der Waals surface area (Å²) in [5, 5.41) is 0.712. The van der Waals surface area contributed by atoms with Crippen LogP contribution in [0.5, 0.6) is 5.75 Å². The highest BCUT2D eigenvalue weighted by Crippen LogP contribution is 2.51. The first-order valence-corrected chi connectivity index (χ1v) is 9.57. The topological polar surface area (TPSA) is 9.23 Å². The van der Waals surface area contributed by atoms with E-state index in [2.05, 4.69) is 39.8 Å². The van der Waals surface area contributed by atoms with E-state index in [1.54, 1.807) is 13.2 Å². The molecular weight excluding hydrogens is 318 g/mol. The second-order valence-electron chi connectivity index (χ2n) is 6.56. The van der Waals surface area contributed by atoms with E-state index in [4.69, 9.17) is 4.74 Å². The van der Waals surface area contributed by atoms with Crippen LogP contribution in [0.25, 0.3) is 0 Å². The van der Waals surface area contributed by atoms with Crippen molar-refractivity contribution in [2.45, 2.75) is 52.6 Å². The summed E-state index contributed by atoms with van der Waals surface area (Å²) in [4.78, 5) is 0. The quantitative estimate of drug-likeness (QED) is 0.603. The summed E-state index contributed by atoms with van der Waals surface area (Å²) >= 11 is 0. The molecule has 0 aliphatic heterocycles. The van der Waals surface area contributed by atoms with Crippen molar-refractivity contribution < 1.29 is 9.13 Å². The Bertz CT molecular complexity index is 720. The van der Waals surface area contributed by atoms with Gasteiger partial charge in [-0.2, -0.15) is 0 Å². The molecule has 0 aliphatic rings. The van der Waals surface area contributed by atoms with Crippen LogP contribution >= 0.6 is 8.58 Å². The van der Waals surface area contributed by atoms with Crippen LogP contribution in [-0.4, -0.2) is 7.11 Å². The van der Waals surface area contributed by atoms with Crippen LogP contribution < -0.4 is 10.0 Å².